The molecule has 0 aliphatic carbocycles. The molecule has 0 radical (unpaired) electrons. The Labute approximate surface area is 151 Å². The van der Waals surface area contributed by atoms with Crippen LogP contribution in [0.15, 0.2) is 18.5 Å². The molecule has 0 aliphatic heterocycles. The number of hydrogen-bond acceptors (Lipinski definition) is 5. The fourth-order valence-corrected chi connectivity index (χ4v) is 2.02. The van der Waals surface area contributed by atoms with Crippen molar-refractivity contribution in [1.29, 1.82) is 0 Å². The number of nitrogens with zero attached hydrogens (tertiary/aromatic N) is 4. The molecule has 2 aromatic rings. The number of nitro groups is 1. The molecule has 2 aromatic heterocycles. The summed E-state index contributed by atoms with van der Waals surface area (Å²) in [7, 11) is 0. The van der Waals surface area contributed by atoms with Gasteiger partial charge in [-0.25, -0.2) is 4.98 Å². The molecule has 14 heteroatoms. The van der Waals surface area contributed by atoms with Crippen molar-refractivity contribution in [3.05, 3.63) is 39.2 Å². The molecule has 0 bridgehead atoms. The molecule has 1 amide bonds. The van der Waals surface area contributed by atoms with Crippen LogP contribution in [-0.2, 0) is 11.0 Å². The van der Waals surface area contributed by atoms with E-state index < -0.39 is 43.9 Å². The van der Waals surface area contributed by atoms with Gasteiger partial charge in [-0.1, -0.05) is 34.8 Å². The quantitative estimate of drug-likeness (QED) is 0.464. The highest BCUT2D eigenvalue weighted by molar-refractivity contribution is 6.54. The lowest BCUT2D eigenvalue weighted by Gasteiger charge is -2.11. The molecule has 0 atom stereocenters. The summed E-state index contributed by atoms with van der Waals surface area (Å²) in [5, 5.41) is 16.2. The lowest BCUT2D eigenvalue weighted by molar-refractivity contribution is -0.384. The molecular formula is C11H5Cl3F3N5O3. The number of amides is 1. The minimum Gasteiger partial charge on any atom is -0.302 e. The monoisotopic (exact) mass is 417 g/mol. The number of anilines is 1. The summed E-state index contributed by atoms with van der Waals surface area (Å²) >= 11 is 16.5. The highest BCUT2D eigenvalue weighted by Gasteiger charge is 2.33. The van der Waals surface area contributed by atoms with Crippen LogP contribution >= 0.6 is 34.8 Å². The van der Waals surface area contributed by atoms with Crippen molar-refractivity contribution in [3.63, 3.8) is 0 Å². The van der Waals surface area contributed by atoms with Crippen molar-refractivity contribution in [3.8, 4) is 5.82 Å². The number of pyridine rings is 1. The number of aromatic nitrogens is 3. The second-order valence-electron chi connectivity index (χ2n) is 4.36. The van der Waals surface area contributed by atoms with Crippen LogP contribution in [0.3, 0.4) is 0 Å². The van der Waals surface area contributed by atoms with Gasteiger partial charge >= 0.3 is 11.9 Å². The number of nitrogens with one attached hydrogen (secondary N) is 1. The second kappa shape index (κ2) is 7.02. The number of rotatable bonds is 4. The van der Waals surface area contributed by atoms with Gasteiger partial charge in [-0.2, -0.15) is 23.0 Å². The largest absolute Gasteiger partial charge is 0.417 e. The molecule has 0 spiro atoms. The van der Waals surface area contributed by atoms with Crippen molar-refractivity contribution < 1.29 is 22.9 Å². The number of halogens is 6. The van der Waals surface area contributed by atoms with Crippen molar-refractivity contribution in [2.75, 3.05) is 5.32 Å². The summed E-state index contributed by atoms with van der Waals surface area (Å²) in [6.07, 6.45) is -3.47. The predicted molar refractivity (Wildman–Crippen MR) is 82.1 cm³/mol. The molecule has 134 valence electrons. The molecule has 0 saturated heterocycles. The average Bonchev–Trinajstić information content (AvgIpc) is 2.89. The Morgan fingerprint density at radius 2 is 2.00 bits per heavy atom. The van der Waals surface area contributed by atoms with Crippen LogP contribution in [0, 0.1) is 10.1 Å². The molecular weight excluding hydrogens is 414 g/mol. The summed E-state index contributed by atoms with van der Waals surface area (Å²) in [4.78, 5) is 23.7. The Bertz CT molecular complexity index is 840. The van der Waals surface area contributed by atoms with Crippen molar-refractivity contribution in [1.82, 2.24) is 14.8 Å². The number of hydrogen-bond donors (Lipinski definition) is 1. The van der Waals surface area contributed by atoms with E-state index in [-0.39, 0.29) is 5.82 Å². The third-order valence-corrected chi connectivity index (χ3v) is 3.41. The van der Waals surface area contributed by atoms with Crippen LogP contribution < -0.4 is 5.32 Å². The Morgan fingerprint density at radius 3 is 2.48 bits per heavy atom. The highest BCUT2D eigenvalue weighted by Crippen LogP contribution is 2.34. The van der Waals surface area contributed by atoms with Gasteiger partial charge in [-0.05, 0) is 6.07 Å². The SMILES string of the molecule is O=C(Nc1c([N+](=O)[O-])cnn1-c1ncc(C(F)(F)F)cc1Cl)C(Cl)Cl. The van der Waals surface area contributed by atoms with Gasteiger partial charge in [0.25, 0.3) is 5.91 Å². The Hall–Kier alpha value is -2.11. The van der Waals surface area contributed by atoms with Crippen LogP contribution in [0.1, 0.15) is 5.56 Å². The van der Waals surface area contributed by atoms with E-state index in [1.165, 1.54) is 0 Å². The van der Waals surface area contributed by atoms with Crippen LogP contribution in [0.4, 0.5) is 24.7 Å². The standard InChI is InChI=1S/C11H5Cl3F3N5O3/c12-5-1-4(11(15,16)17)2-18-8(5)21-9(20-10(23)7(13)14)6(3-19-21)22(24)25/h1-3,7H,(H,20,23). The first-order valence-electron chi connectivity index (χ1n) is 6.07. The lowest BCUT2D eigenvalue weighted by Crippen LogP contribution is -2.21. The average molecular weight is 419 g/mol. The molecule has 25 heavy (non-hydrogen) atoms. The van der Waals surface area contributed by atoms with Gasteiger partial charge in [0.05, 0.1) is 15.5 Å². The first-order chi connectivity index (χ1) is 11.5. The maximum absolute atomic E-state index is 12.7. The smallest absolute Gasteiger partial charge is 0.302 e. The van der Waals surface area contributed by atoms with Gasteiger partial charge in [0.2, 0.25) is 5.82 Å². The Morgan fingerprint density at radius 1 is 1.36 bits per heavy atom. The first-order valence-corrected chi connectivity index (χ1v) is 7.32. The second-order valence-corrected chi connectivity index (χ2v) is 5.87. The first kappa shape index (κ1) is 19.2. The zero-order valence-electron chi connectivity index (χ0n) is 11.6. The Balaban J connectivity index is 2.56. The molecule has 2 heterocycles. The van der Waals surface area contributed by atoms with Crippen LogP contribution in [0.25, 0.3) is 5.82 Å². The van der Waals surface area contributed by atoms with E-state index in [4.69, 9.17) is 34.8 Å². The third kappa shape index (κ3) is 4.11. The topological polar surface area (TPSA) is 103 Å². The van der Waals surface area contributed by atoms with E-state index in [1.807, 2.05) is 5.32 Å². The van der Waals surface area contributed by atoms with E-state index in [1.54, 1.807) is 0 Å². The normalized spacial score (nSPS) is 11.6. The fourth-order valence-electron chi connectivity index (χ4n) is 1.66. The summed E-state index contributed by atoms with van der Waals surface area (Å²) in [5.74, 6) is -1.91. The van der Waals surface area contributed by atoms with Crippen LogP contribution in [-0.4, -0.2) is 30.4 Å². The minimum absolute atomic E-state index is 0.376. The Kier molecular flexibility index (Phi) is 5.40. The molecule has 0 unspecified atom stereocenters. The van der Waals surface area contributed by atoms with Crippen molar-refractivity contribution in [2.45, 2.75) is 11.0 Å². The van der Waals surface area contributed by atoms with Gasteiger partial charge in [0.15, 0.2) is 10.7 Å². The summed E-state index contributed by atoms with van der Waals surface area (Å²) in [6, 6.07) is 0.564. The van der Waals surface area contributed by atoms with E-state index in [2.05, 4.69) is 10.1 Å². The zero-order valence-corrected chi connectivity index (χ0v) is 13.9. The fraction of sp³-hybridized carbons (Fsp3) is 0.182. The zero-order chi connectivity index (χ0) is 18.9. The molecule has 2 rings (SSSR count). The lowest BCUT2D eigenvalue weighted by atomic mass is 10.3. The maximum Gasteiger partial charge on any atom is 0.417 e. The van der Waals surface area contributed by atoms with E-state index in [0.717, 1.165) is 6.20 Å². The molecule has 0 aliphatic rings. The molecule has 0 aromatic carbocycles. The van der Waals surface area contributed by atoms with Gasteiger partial charge in [-0.3, -0.25) is 14.9 Å². The summed E-state index contributed by atoms with van der Waals surface area (Å²) in [5.41, 5.74) is -1.80. The number of alkyl halides is 5. The van der Waals surface area contributed by atoms with E-state index in [0.29, 0.717) is 16.9 Å². The number of carbonyl (C=O) groups excluding carboxylic acids is 1. The van der Waals surface area contributed by atoms with Gasteiger partial charge in [-0.15, -0.1) is 0 Å². The van der Waals surface area contributed by atoms with Gasteiger partial charge in [0, 0.05) is 6.20 Å². The third-order valence-electron chi connectivity index (χ3n) is 2.74. The van der Waals surface area contributed by atoms with E-state index >= 15 is 0 Å². The predicted octanol–water partition coefficient (Wildman–Crippen LogP) is 3.59. The molecule has 0 saturated carbocycles. The highest BCUT2D eigenvalue weighted by atomic mass is 35.5. The van der Waals surface area contributed by atoms with Crippen LogP contribution in [0.2, 0.25) is 5.02 Å². The maximum atomic E-state index is 12.7. The molecule has 1 N–H and O–H groups in total. The van der Waals surface area contributed by atoms with Gasteiger partial charge in [0.1, 0.15) is 6.20 Å². The van der Waals surface area contributed by atoms with Crippen LogP contribution in [0.5, 0.6) is 0 Å². The van der Waals surface area contributed by atoms with Gasteiger partial charge < -0.3 is 5.32 Å². The molecule has 8 nitrogen and oxygen atoms in total. The number of carbonyl (C=O) groups is 1. The summed E-state index contributed by atoms with van der Waals surface area (Å²) in [6.45, 7) is 0. The summed E-state index contributed by atoms with van der Waals surface area (Å²) < 4.78 is 38.7. The molecule has 0 fully saturated rings. The minimum atomic E-state index is -4.69. The van der Waals surface area contributed by atoms with E-state index in [9.17, 15) is 28.1 Å². The van der Waals surface area contributed by atoms with Crippen molar-refractivity contribution >= 4 is 52.2 Å². The van der Waals surface area contributed by atoms with Crippen molar-refractivity contribution in [2.24, 2.45) is 0 Å².